The molecule has 0 aliphatic heterocycles. The first-order valence-electron chi connectivity index (χ1n) is 6.18. The molecule has 2 N–H and O–H groups in total. The Morgan fingerprint density at radius 3 is 2.55 bits per heavy atom. The van der Waals surface area contributed by atoms with Gasteiger partial charge in [0.2, 0.25) is 5.91 Å². The molecular weight excluding hydrogens is 301 g/mol. The van der Waals surface area contributed by atoms with Crippen molar-refractivity contribution in [3.8, 4) is 0 Å². The number of nitrogens with one attached hydrogen (secondary N) is 2. The number of methoxy groups -OCH3 is 1. The highest BCUT2D eigenvalue weighted by molar-refractivity contribution is 5.85. The zero-order valence-corrected chi connectivity index (χ0v) is 13.3. The molecule has 0 aliphatic carbocycles. The molecule has 0 radical (unpaired) electrons. The molecule has 0 atom stereocenters. The number of amides is 1. The number of carbonyl (C=O) groups excluding carboxylic acids is 1. The van der Waals surface area contributed by atoms with Crippen molar-refractivity contribution in [2.45, 2.75) is 12.8 Å². The summed E-state index contributed by atoms with van der Waals surface area (Å²) in [5.41, 5.74) is 1.14. The third-order valence-corrected chi connectivity index (χ3v) is 2.50. The number of pyridine rings is 1. The number of aromatic nitrogens is 1. The van der Waals surface area contributed by atoms with Crippen LogP contribution in [0.25, 0.3) is 0 Å². The predicted octanol–water partition coefficient (Wildman–Crippen LogP) is 1.21. The molecule has 116 valence electrons. The van der Waals surface area contributed by atoms with Crippen molar-refractivity contribution in [1.82, 2.24) is 15.6 Å². The molecule has 1 rings (SSSR count). The summed E-state index contributed by atoms with van der Waals surface area (Å²) in [6.07, 6.45) is 4.76. The van der Waals surface area contributed by atoms with Crippen molar-refractivity contribution in [2.24, 2.45) is 0 Å². The van der Waals surface area contributed by atoms with E-state index in [2.05, 4.69) is 15.6 Å². The third-order valence-electron chi connectivity index (χ3n) is 2.50. The average molecular weight is 324 g/mol. The van der Waals surface area contributed by atoms with Gasteiger partial charge in [-0.1, -0.05) is 0 Å². The van der Waals surface area contributed by atoms with Crippen LogP contribution in [0, 0.1) is 0 Å². The first-order valence-corrected chi connectivity index (χ1v) is 6.18. The van der Waals surface area contributed by atoms with Crippen molar-refractivity contribution in [3.05, 3.63) is 30.1 Å². The maximum absolute atomic E-state index is 11.5. The van der Waals surface area contributed by atoms with E-state index >= 15 is 0 Å². The molecule has 1 amide bonds. The highest BCUT2D eigenvalue weighted by Gasteiger charge is 2.01. The average Bonchev–Trinajstić information content (AvgIpc) is 2.41. The Morgan fingerprint density at radius 2 is 1.90 bits per heavy atom. The Hall–Kier alpha value is -0.880. The second-order valence-electron chi connectivity index (χ2n) is 3.95. The summed E-state index contributed by atoms with van der Waals surface area (Å²) >= 11 is 0. The standard InChI is InChI=1S/C13H21N3O2.2ClH/c1-18-11-10-15-8-9-16-13(17)3-2-12-4-6-14-7-5-12;;/h4-7,15H,2-3,8-11H2,1H3,(H,16,17);2*1H. The fourth-order valence-electron chi connectivity index (χ4n) is 1.49. The fourth-order valence-corrected chi connectivity index (χ4v) is 1.49. The van der Waals surface area contributed by atoms with Crippen LogP contribution in [0.1, 0.15) is 12.0 Å². The zero-order valence-electron chi connectivity index (χ0n) is 11.6. The van der Waals surface area contributed by atoms with E-state index in [0.29, 0.717) is 19.6 Å². The first-order chi connectivity index (χ1) is 8.83. The van der Waals surface area contributed by atoms with Gasteiger partial charge in [-0.3, -0.25) is 9.78 Å². The maximum atomic E-state index is 11.5. The van der Waals surface area contributed by atoms with Crippen LogP contribution in [0.4, 0.5) is 0 Å². The predicted molar refractivity (Wildman–Crippen MR) is 84.8 cm³/mol. The molecule has 1 heterocycles. The number of hydrogen-bond donors (Lipinski definition) is 2. The van der Waals surface area contributed by atoms with Crippen molar-refractivity contribution < 1.29 is 9.53 Å². The van der Waals surface area contributed by atoms with E-state index in [1.807, 2.05) is 12.1 Å². The Morgan fingerprint density at radius 1 is 1.20 bits per heavy atom. The van der Waals surface area contributed by atoms with Gasteiger partial charge >= 0.3 is 0 Å². The molecule has 0 saturated heterocycles. The fraction of sp³-hybridized carbons (Fsp3) is 0.538. The third kappa shape index (κ3) is 11.0. The van der Waals surface area contributed by atoms with Gasteiger partial charge in [0, 0.05) is 45.6 Å². The van der Waals surface area contributed by atoms with Crippen LogP contribution in [-0.2, 0) is 16.0 Å². The molecule has 7 heteroatoms. The van der Waals surface area contributed by atoms with Crippen LogP contribution in [0.3, 0.4) is 0 Å². The van der Waals surface area contributed by atoms with Crippen molar-refractivity contribution in [2.75, 3.05) is 33.4 Å². The van der Waals surface area contributed by atoms with E-state index in [0.717, 1.165) is 25.1 Å². The van der Waals surface area contributed by atoms with E-state index in [4.69, 9.17) is 4.74 Å². The van der Waals surface area contributed by atoms with Crippen LogP contribution < -0.4 is 10.6 Å². The lowest BCUT2D eigenvalue weighted by Crippen LogP contribution is -2.33. The molecule has 1 aromatic rings. The van der Waals surface area contributed by atoms with Gasteiger partial charge in [0.25, 0.3) is 0 Å². The van der Waals surface area contributed by atoms with Crippen molar-refractivity contribution in [3.63, 3.8) is 0 Å². The summed E-state index contributed by atoms with van der Waals surface area (Å²) in [6.45, 7) is 2.92. The Labute approximate surface area is 132 Å². The lowest BCUT2D eigenvalue weighted by atomic mass is 10.1. The molecule has 0 aliphatic rings. The van der Waals surface area contributed by atoms with E-state index in [1.54, 1.807) is 19.5 Å². The summed E-state index contributed by atoms with van der Waals surface area (Å²) in [7, 11) is 1.67. The highest BCUT2D eigenvalue weighted by atomic mass is 35.5. The number of ether oxygens (including phenoxy) is 1. The van der Waals surface area contributed by atoms with Crippen LogP contribution in [0.2, 0.25) is 0 Å². The highest BCUT2D eigenvalue weighted by Crippen LogP contribution is 2.00. The van der Waals surface area contributed by atoms with Gasteiger partial charge in [-0.25, -0.2) is 0 Å². The minimum absolute atomic E-state index is 0. The van der Waals surface area contributed by atoms with Crippen molar-refractivity contribution >= 4 is 30.7 Å². The van der Waals surface area contributed by atoms with Gasteiger partial charge in [0.05, 0.1) is 6.61 Å². The van der Waals surface area contributed by atoms with Crippen LogP contribution in [-0.4, -0.2) is 44.2 Å². The molecule has 0 unspecified atom stereocenters. The van der Waals surface area contributed by atoms with Gasteiger partial charge in [-0.15, -0.1) is 24.8 Å². The summed E-state index contributed by atoms with van der Waals surface area (Å²) in [5.74, 6) is 0.0837. The van der Waals surface area contributed by atoms with Crippen LogP contribution in [0.15, 0.2) is 24.5 Å². The normalized spacial score (nSPS) is 9.25. The first kappa shape index (κ1) is 21.4. The second kappa shape index (κ2) is 14.5. The summed E-state index contributed by atoms with van der Waals surface area (Å²) in [5, 5.41) is 6.04. The van der Waals surface area contributed by atoms with Crippen molar-refractivity contribution in [1.29, 1.82) is 0 Å². The molecule has 0 aromatic carbocycles. The van der Waals surface area contributed by atoms with Crippen LogP contribution >= 0.6 is 24.8 Å². The molecule has 20 heavy (non-hydrogen) atoms. The van der Waals surface area contributed by atoms with Gasteiger partial charge in [0.1, 0.15) is 0 Å². The van der Waals surface area contributed by atoms with Crippen LogP contribution in [0.5, 0.6) is 0 Å². The SMILES string of the molecule is COCCNCCNC(=O)CCc1ccncc1.Cl.Cl. The number of aryl methyl sites for hydroxylation is 1. The Bertz CT molecular complexity index is 340. The van der Waals surface area contributed by atoms with E-state index in [-0.39, 0.29) is 30.7 Å². The second-order valence-corrected chi connectivity index (χ2v) is 3.95. The molecule has 5 nitrogen and oxygen atoms in total. The van der Waals surface area contributed by atoms with Gasteiger partial charge in [0.15, 0.2) is 0 Å². The molecular formula is C13H23Cl2N3O2. The van der Waals surface area contributed by atoms with E-state index < -0.39 is 0 Å². The number of carbonyl (C=O) groups is 1. The van der Waals surface area contributed by atoms with Gasteiger partial charge in [-0.2, -0.15) is 0 Å². The lowest BCUT2D eigenvalue weighted by molar-refractivity contribution is -0.121. The minimum atomic E-state index is 0. The number of rotatable bonds is 9. The quantitative estimate of drug-likeness (QED) is 0.670. The molecule has 0 saturated carbocycles. The number of hydrogen-bond acceptors (Lipinski definition) is 4. The van der Waals surface area contributed by atoms with Gasteiger partial charge < -0.3 is 15.4 Å². The molecule has 0 fully saturated rings. The molecule has 1 aromatic heterocycles. The Kier molecular flexibility index (Phi) is 15.6. The number of halogens is 2. The van der Waals surface area contributed by atoms with E-state index in [9.17, 15) is 4.79 Å². The minimum Gasteiger partial charge on any atom is -0.383 e. The topological polar surface area (TPSA) is 63.2 Å². The largest absolute Gasteiger partial charge is 0.383 e. The molecule has 0 spiro atoms. The van der Waals surface area contributed by atoms with Gasteiger partial charge in [-0.05, 0) is 24.1 Å². The Balaban J connectivity index is 0. The summed E-state index contributed by atoms with van der Waals surface area (Å²) < 4.78 is 4.90. The van der Waals surface area contributed by atoms with E-state index in [1.165, 1.54) is 0 Å². The summed E-state index contributed by atoms with van der Waals surface area (Å²) in [4.78, 5) is 15.5. The monoisotopic (exact) mass is 323 g/mol. The maximum Gasteiger partial charge on any atom is 0.220 e. The number of nitrogens with zero attached hydrogens (tertiary/aromatic N) is 1. The summed E-state index contributed by atoms with van der Waals surface area (Å²) in [6, 6.07) is 3.86. The lowest BCUT2D eigenvalue weighted by Gasteiger charge is -2.06. The smallest absolute Gasteiger partial charge is 0.220 e. The zero-order chi connectivity index (χ0) is 13.1. The molecule has 0 bridgehead atoms.